The van der Waals surface area contributed by atoms with Gasteiger partial charge in [-0.2, -0.15) is 0 Å². The smallest absolute Gasteiger partial charge is 0.223 e. The summed E-state index contributed by atoms with van der Waals surface area (Å²) in [6.07, 6.45) is 2.08. The monoisotopic (exact) mass is 414 g/mol. The predicted octanol–water partition coefficient (Wildman–Crippen LogP) is 1.41. The quantitative estimate of drug-likeness (QED) is 0.307. The van der Waals surface area contributed by atoms with Crippen LogP contribution < -0.4 is 16.0 Å². The Morgan fingerprint density at radius 1 is 0.967 bits per heavy atom. The van der Waals surface area contributed by atoms with E-state index >= 15 is 0 Å². The molecule has 166 valence electrons. The molecule has 1 aromatic carbocycles. The highest BCUT2D eigenvalue weighted by Crippen LogP contribution is 2.28. The minimum Gasteiger partial charge on any atom is -0.357 e. The van der Waals surface area contributed by atoms with Crippen molar-refractivity contribution in [3.63, 3.8) is 0 Å². The van der Waals surface area contributed by atoms with E-state index in [1.165, 1.54) is 11.1 Å². The lowest BCUT2D eigenvalue weighted by Crippen LogP contribution is -2.45. The number of aliphatic imine (C=N–C) groups is 1. The standard InChI is InChI=1S/C23H38N6O/c1-3-24-23(26-12-11-25-22(30)19-9-10-19)27-17-20-7-5-6-8-21(20)18-29-15-13-28(4-2)14-16-29/h5-8,19H,3-4,9-18H2,1-2H3,(H,25,30)(H2,24,26,27). The third kappa shape index (κ3) is 7.29. The van der Waals surface area contributed by atoms with Crippen LogP contribution in [0.1, 0.15) is 37.8 Å². The first-order chi connectivity index (χ1) is 14.7. The van der Waals surface area contributed by atoms with Gasteiger partial charge in [0.05, 0.1) is 6.54 Å². The van der Waals surface area contributed by atoms with Crippen LogP contribution in [0, 0.1) is 5.92 Å². The molecule has 1 aromatic rings. The fourth-order valence-corrected chi connectivity index (χ4v) is 3.73. The van der Waals surface area contributed by atoms with Crippen molar-refractivity contribution < 1.29 is 4.79 Å². The second-order valence-corrected chi connectivity index (χ2v) is 8.17. The van der Waals surface area contributed by atoms with Crippen LogP contribution in [0.5, 0.6) is 0 Å². The molecule has 30 heavy (non-hydrogen) atoms. The first-order valence-electron chi connectivity index (χ1n) is 11.5. The fourth-order valence-electron chi connectivity index (χ4n) is 3.73. The summed E-state index contributed by atoms with van der Waals surface area (Å²) in [4.78, 5) is 21.6. The second kappa shape index (κ2) is 11.9. The third-order valence-corrected chi connectivity index (χ3v) is 5.84. The molecule has 0 unspecified atom stereocenters. The minimum atomic E-state index is 0.187. The van der Waals surface area contributed by atoms with Crippen LogP contribution in [-0.4, -0.2) is 74.0 Å². The number of hydrogen-bond donors (Lipinski definition) is 3. The maximum absolute atomic E-state index is 11.7. The van der Waals surface area contributed by atoms with Crippen molar-refractivity contribution in [3.8, 4) is 0 Å². The molecule has 0 bridgehead atoms. The summed E-state index contributed by atoms with van der Waals surface area (Å²) in [5.41, 5.74) is 2.63. The molecular formula is C23H38N6O. The molecule has 2 fully saturated rings. The van der Waals surface area contributed by atoms with Crippen LogP contribution in [0.4, 0.5) is 0 Å². The van der Waals surface area contributed by atoms with Gasteiger partial charge in [-0.15, -0.1) is 0 Å². The lowest BCUT2D eigenvalue weighted by molar-refractivity contribution is -0.122. The van der Waals surface area contributed by atoms with E-state index in [9.17, 15) is 4.79 Å². The molecule has 3 N–H and O–H groups in total. The Kier molecular flexibility index (Phi) is 8.96. The van der Waals surface area contributed by atoms with E-state index in [1.54, 1.807) is 0 Å². The highest BCUT2D eigenvalue weighted by Gasteiger charge is 2.28. The highest BCUT2D eigenvalue weighted by atomic mass is 16.2. The van der Waals surface area contributed by atoms with Crippen molar-refractivity contribution in [2.75, 3.05) is 52.4 Å². The van der Waals surface area contributed by atoms with Gasteiger partial charge >= 0.3 is 0 Å². The topological polar surface area (TPSA) is 72.0 Å². The van der Waals surface area contributed by atoms with Gasteiger partial charge in [0.2, 0.25) is 5.91 Å². The molecule has 1 aliphatic carbocycles. The largest absolute Gasteiger partial charge is 0.357 e. The number of carbonyl (C=O) groups excluding carboxylic acids is 1. The zero-order chi connectivity index (χ0) is 21.2. The first kappa shape index (κ1) is 22.6. The number of carbonyl (C=O) groups is 1. The van der Waals surface area contributed by atoms with Gasteiger partial charge in [0.1, 0.15) is 0 Å². The lowest BCUT2D eigenvalue weighted by atomic mass is 10.1. The number of guanidine groups is 1. The van der Waals surface area contributed by atoms with Crippen LogP contribution in [0.3, 0.4) is 0 Å². The Bertz CT molecular complexity index is 695. The average Bonchev–Trinajstić information content (AvgIpc) is 3.62. The van der Waals surface area contributed by atoms with Crippen LogP contribution in [0.15, 0.2) is 29.3 Å². The van der Waals surface area contributed by atoms with Gasteiger partial charge in [0.25, 0.3) is 0 Å². The SMILES string of the molecule is CCNC(=NCc1ccccc1CN1CCN(CC)CC1)NCCNC(=O)C1CC1. The fraction of sp³-hybridized carbons (Fsp3) is 0.652. The van der Waals surface area contributed by atoms with Crippen molar-refractivity contribution in [1.29, 1.82) is 0 Å². The molecule has 0 spiro atoms. The van der Waals surface area contributed by atoms with E-state index in [2.05, 4.69) is 63.9 Å². The first-order valence-corrected chi connectivity index (χ1v) is 11.5. The van der Waals surface area contributed by atoms with Crippen LogP contribution in [0.2, 0.25) is 0 Å². The zero-order valence-electron chi connectivity index (χ0n) is 18.6. The molecule has 0 aromatic heterocycles. The molecule has 3 rings (SSSR count). The zero-order valence-corrected chi connectivity index (χ0v) is 18.6. The number of piperazine rings is 1. The Hall–Kier alpha value is -2.12. The van der Waals surface area contributed by atoms with Gasteiger partial charge < -0.3 is 20.9 Å². The molecular weight excluding hydrogens is 376 g/mol. The number of nitrogens with one attached hydrogen (secondary N) is 3. The summed E-state index contributed by atoms with van der Waals surface area (Å²) in [5.74, 6) is 1.24. The summed E-state index contributed by atoms with van der Waals surface area (Å²) in [5, 5.41) is 9.61. The number of amides is 1. The Morgan fingerprint density at radius 3 is 2.30 bits per heavy atom. The van der Waals surface area contributed by atoms with Gasteiger partial charge in [-0.25, -0.2) is 4.99 Å². The number of nitrogens with zero attached hydrogens (tertiary/aromatic N) is 3. The third-order valence-electron chi connectivity index (χ3n) is 5.84. The van der Waals surface area contributed by atoms with Gasteiger partial charge in [-0.3, -0.25) is 9.69 Å². The van der Waals surface area contributed by atoms with E-state index in [4.69, 9.17) is 4.99 Å². The van der Waals surface area contributed by atoms with E-state index in [1.807, 2.05) is 0 Å². The van der Waals surface area contributed by atoms with Gasteiger partial charge in [0.15, 0.2) is 5.96 Å². The molecule has 0 atom stereocenters. The normalized spacial score (nSPS) is 18.3. The Balaban J connectivity index is 1.50. The summed E-state index contributed by atoms with van der Waals surface area (Å²) >= 11 is 0. The van der Waals surface area contributed by atoms with Gasteiger partial charge in [-0.1, -0.05) is 31.2 Å². The summed E-state index contributed by atoms with van der Waals surface area (Å²) in [7, 11) is 0. The second-order valence-electron chi connectivity index (χ2n) is 8.17. The van der Waals surface area contributed by atoms with E-state index in [0.29, 0.717) is 19.6 Å². The summed E-state index contributed by atoms with van der Waals surface area (Å²) in [6.45, 7) is 13.8. The summed E-state index contributed by atoms with van der Waals surface area (Å²) in [6, 6.07) is 8.62. The lowest BCUT2D eigenvalue weighted by Gasteiger charge is -2.34. The maximum Gasteiger partial charge on any atom is 0.223 e. The molecule has 1 amide bonds. The highest BCUT2D eigenvalue weighted by molar-refractivity contribution is 5.81. The average molecular weight is 415 g/mol. The van der Waals surface area contributed by atoms with Crippen molar-refractivity contribution >= 4 is 11.9 Å². The Morgan fingerprint density at radius 2 is 1.63 bits per heavy atom. The molecule has 1 aliphatic heterocycles. The maximum atomic E-state index is 11.7. The molecule has 1 heterocycles. The van der Waals surface area contributed by atoms with Crippen molar-refractivity contribution in [2.24, 2.45) is 10.9 Å². The van der Waals surface area contributed by atoms with E-state index in [0.717, 1.165) is 64.6 Å². The molecule has 1 saturated heterocycles. The van der Waals surface area contributed by atoms with Crippen molar-refractivity contribution in [3.05, 3.63) is 35.4 Å². The van der Waals surface area contributed by atoms with Gasteiger partial charge in [0, 0.05) is 58.3 Å². The van der Waals surface area contributed by atoms with Crippen LogP contribution in [-0.2, 0) is 17.9 Å². The number of likely N-dealkylation sites (N-methyl/N-ethyl adjacent to an activating group) is 1. The summed E-state index contributed by atoms with van der Waals surface area (Å²) < 4.78 is 0. The van der Waals surface area contributed by atoms with Crippen molar-refractivity contribution in [2.45, 2.75) is 39.8 Å². The van der Waals surface area contributed by atoms with E-state index in [-0.39, 0.29) is 11.8 Å². The Labute approximate surface area is 181 Å². The number of rotatable bonds is 10. The van der Waals surface area contributed by atoms with Crippen LogP contribution in [0.25, 0.3) is 0 Å². The van der Waals surface area contributed by atoms with E-state index < -0.39 is 0 Å². The predicted molar refractivity (Wildman–Crippen MR) is 122 cm³/mol. The molecule has 7 heteroatoms. The molecule has 7 nitrogen and oxygen atoms in total. The van der Waals surface area contributed by atoms with Gasteiger partial charge in [-0.05, 0) is 37.4 Å². The van der Waals surface area contributed by atoms with Crippen molar-refractivity contribution in [1.82, 2.24) is 25.8 Å². The molecule has 1 saturated carbocycles. The van der Waals surface area contributed by atoms with Crippen LogP contribution >= 0.6 is 0 Å². The molecule has 0 radical (unpaired) electrons. The minimum absolute atomic E-state index is 0.187. The number of hydrogen-bond acceptors (Lipinski definition) is 4. The number of benzene rings is 1. The molecule has 2 aliphatic rings.